The predicted octanol–water partition coefficient (Wildman–Crippen LogP) is 0.557. The first-order chi connectivity index (χ1) is 9.63. The number of ether oxygens (including phenoxy) is 1. The first-order valence-electron chi connectivity index (χ1n) is 7.00. The monoisotopic (exact) mass is 278 g/mol. The second kappa shape index (κ2) is 7.26. The van der Waals surface area contributed by atoms with Crippen molar-refractivity contribution in [3.63, 3.8) is 0 Å². The number of nitrogens with zero attached hydrogens (tertiary/aromatic N) is 1. The predicted molar refractivity (Wildman–Crippen MR) is 76.7 cm³/mol. The largest absolute Gasteiger partial charge is 0.492 e. The lowest BCUT2D eigenvalue weighted by Gasteiger charge is -2.14. The van der Waals surface area contributed by atoms with Gasteiger partial charge in [-0.3, -0.25) is 9.69 Å². The summed E-state index contributed by atoms with van der Waals surface area (Å²) in [5.74, 6) is 0.800. The smallest absolute Gasteiger partial charge is 0.234 e. The van der Waals surface area contributed by atoms with Gasteiger partial charge in [0.25, 0.3) is 0 Å². The Morgan fingerprint density at radius 2 is 2.40 bits per heavy atom. The van der Waals surface area contributed by atoms with E-state index in [2.05, 4.69) is 5.32 Å². The quantitative estimate of drug-likeness (QED) is 0.746. The number of rotatable bonds is 6. The van der Waals surface area contributed by atoms with Crippen LogP contribution >= 0.6 is 0 Å². The van der Waals surface area contributed by atoms with Gasteiger partial charge in [0.15, 0.2) is 0 Å². The fraction of sp³-hybridized carbons (Fsp3) is 0.533. The minimum absolute atomic E-state index is 0.0213. The van der Waals surface area contributed by atoms with Crippen LogP contribution in [0.4, 0.5) is 0 Å². The first kappa shape index (κ1) is 14.8. The fourth-order valence-electron chi connectivity index (χ4n) is 2.28. The highest BCUT2D eigenvalue weighted by Gasteiger charge is 2.21. The van der Waals surface area contributed by atoms with E-state index in [-0.39, 0.29) is 12.0 Å². The van der Waals surface area contributed by atoms with Crippen LogP contribution < -0.4 is 10.1 Å². The van der Waals surface area contributed by atoms with Crippen molar-refractivity contribution in [2.24, 2.45) is 0 Å². The number of aryl methyl sites for hydroxylation is 1. The van der Waals surface area contributed by atoms with Crippen LogP contribution in [0.25, 0.3) is 0 Å². The molecule has 1 aliphatic rings. The minimum Gasteiger partial charge on any atom is -0.492 e. The van der Waals surface area contributed by atoms with Crippen molar-refractivity contribution in [1.29, 1.82) is 0 Å². The maximum atomic E-state index is 11.7. The average molecular weight is 278 g/mol. The molecule has 1 amide bonds. The maximum Gasteiger partial charge on any atom is 0.234 e. The highest BCUT2D eigenvalue weighted by molar-refractivity contribution is 5.78. The van der Waals surface area contributed by atoms with Crippen LogP contribution in [0.2, 0.25) is 0 Å². The van der Waals surface area contributed by atoms with Crippen molar-refractivity contribution in [2.45, 2.75) is 19.4 Å². The summed E-state index contributed by atoms with van der Waals surface area (Å²) in [6.45, 7) is 4.68. The third kappa shape index (κ3) is 4.83. The van der Waals surface area contributed by atoms with Crippen LogP contribution in [0.5, 0.6) is 5.75 Å². The topological polar surface area (TPSA) is 61.8 Å². The van der Waals surface area contributed by atoms with Gasteiger partial charge in [-0.15, -0.1) is 0 Å². The summed E-state index contributed by atoms with van der Waals surface area (Å²) < 4.78 is 5.56. The van der Waals surface area contributed by atoms with E-state index in [0.717, 1.165) is 24.3 Å². The Bertz CT molecular complexity index is 450. The molecule has 1 heterocycles. The molecule has 110 valence electrons. The van der Waals surface area contributed by atoms with Crippen LogP contribution in [0.3, 0.4) is 0 Å². The van der Waals surface area contributed by atoms with Crippen molar-refractivity contribution in [1.82, 2.24) is 10.2 Å². The average Bonchev–Trinajstić information content (AvgIpc) is 2.80. The summed E-state index contributed by atoms with van der Waals surface area (Å²) in [5, 5.41) is 12.2. The van der Waals surface area contributed by atoms with E-state index in [0.29, 0.717) is 26.2 Å². The molecule has 0 aromatic heterocycles. The molecular weight excluding hydrogens is 256 g/mol. The van der Waals surface area contributed by atoms with Crippen molar-refractivity contribution >= 4 is 5.91 Å². The number of hydrogen-bond donors (Lipinski definition) is 2. The molecule has 1 aromatic rings. The Hall–Kier alpha value is -1.59. The Morgan fingerprint density at radius 3 is 3.10 bits per heavy atom. The highest BCUT2D eigenvalue weighted by atomic mass is 16.5. The number of amides is 1. The summed E-state index contributed by atoms with van der Waals surface area (Å²) in [4.78, 5) is 13.6. The summed E-state index contributed by atoms with van der Waals surface area (Å²) >= 11 is 0. The van der Waals surface area contributed by atoms with Gasteiger partial charge in [-0.05, 0) is 31.0 Å². The molecule has 0 aliphatic carbocycles. The molecule has 1 atom stereocenters. The van der Waals surface area contributed by atoms with Gasteiger partial charge in [-0.2, -0.15) is 0 Å². The third-order valence-corrected chi connectivity index (χ3v) is 3.30. The molecule has 1 fully saturated rings. The van der Waals surface area contributed by atoms with Gasteiger partial charge in [0.2, 0.25) is 5.91 Å². The number of aliphatic hydroxyl groups excluding tert-OH is 1. The van der Waals surface area contributed by atoms with E-state index in [1.807, 2.05) is 36.1 Å². The van der Waals surface area contributed by atoms with Crippen molar-refractivity contribution in [2.75, 3.05) is 32.8 Å². The molecule has 0 bridgehead atoms. The zero-order valence-corrected chi connectivity index (χ0v) is 11.8. The zero-order chi connectivity index (χ0) is 14.4. The number of carbonyl (C=O) groups is 1. The van der Waals surface area contributed by atoms with Crippen molar-refractivity contribution in [3.05, 3.63) is 29.8 Å². The number of carbonyl (C=O) groups excluding carboxylic acids is 1. The van der Waals surface area contributed by atoms with Crippen molar-refractivity contribution in [3.8, 4) is 5.75 Å². The van der Waals surface area contributed by atoms with Gasteiger partial charge in [0, 0.05) is 13.1 Å². The zero-order valence-electron chi connectivity index (χ0n) is 11.8. The van der Waals surface area contributed by atoms with Crippen LogP contribution in [0.15, 0.2) is 24.3 Å². The normalized spacial score (nSPS) is 19.0. The molecule has 1 aliphatic heterocycles. The summed E-state index contributed by atoms with van der Waals surface area (Å²) in [6, 6.07) is 7.83. The lowest BCUT2D eigenvalue weighted by molar-refractivity contribution is -0.122. The van der Waals surface area contributed by atoms with Gasteiger partial charge in [-0.1, -0.05) is 12.1 Å². The van der Waals surface area contributed by atoms with Gasteiger partial charge >= 0.3 is 0 Å². The molecule has 5 nitrogen and oxygen atoms in total. The van der Waals surface area contributed by atoms with Gasteiger partial charge in [-0.25, -0.2) is 0 Å². The molecule has 2 rings (SSSR count). The first-order valence-corrected chi connectivity index (χ1v) is 7.00. The van der Waals surface area contributed by atoms with E-state index in [4.69, 9.17) is 4.74 Å². The lowest BCUT2D eigenvalue weighted by Crippen LogP contribution is -2.38. The molecule has 0 radical (unpaired) electrons. The van der Waals surface area contributed by atoms with E-state index in [1.165, 1.54) is 0 Å². The van der Waals surface area contributed by atoms with Crippen LogP contribution in [-0.4, -0.2) is 54.8 Å². The second-order valence-electron chi connectivity index (χ2n) is 5.19. The van der Waals surface area contributed by atoms with E-state index in [1.54, 1.807) is 0 Å². The Morgan fingerprint density at radius 1 is 1.55 bits per heavy atom. The number of likely N-dealkylation sites (tertiary alicyclic amines) is 1. The Kier molecular flexibility index (Phi) is 5.38. The highest BCUT2D eigenvalue weighted by Crippen LogP contribution is 2.11. The number of benzene rings is 1. The second-order valence-corrected chi connectivity index (χ2v) is 5.19. The molecule has 5 heteroatoms. The number of aliphatic hydroxyl groups is 1. The van der Waals surface area contributed by atoms with E-state index >= 15 is 0 Å². The SMILES string of the molecule is Cc1cccc(OCCNC(=O)CN2CC[C@H](O)C2)c1. The standard InChI is InChI=1S/C15H22N2O3/c1-12-3-2-4-14(9-12)20-8-6-16-15(19)11-17-7-5-13(18)10-17/h2-4,9,13,18H,5-8,10-11H2,1H3,(H,16,19)/t13-/m0/s1. The molecule has 1 saturated heterocycles. The molecule has 1 aromatic carbocycles. The Labute approximate surface area is 119 Å². The van der Waals surface area contributed by atoms with Crippen molar-refractivity contribution < 1.29 is 14.6 Å². The third-order valence-electron chi connectivity index (χ3n) is 3.30. The molecule has 0 unspecified atom stereocenters. The number of hydrogen-bond acceptors (Lipinski definition) is 4. The maximum absolute atomic E-state index is 11.7. The fourth-order valence-corrected chi connectivity index (χ4v) is 2.28. The molecule has 0 saturated carbocycles. The van der Waals surface area contributed by atoms with Gasteiger partial charge in [0.1, 0.15) is 12.4 Å². The van der Waals surface area contributed by atoms with Crippen LogP contribution in [0, 0.1) is 6.92 Å². The van der Waals surface area contributed by atoms with Crippen LogP contribution in [0.1, 0.15) is 12.0 Å². The lowest BCUT2D eigenvalue weighted by atomic mass is 10.2. The molecule has 2 N–H and O–H groups in total. The Balaban J connectivity index is 1.60. The summed E-state index contributed by atoms with van der Waals surface area (Å²) in [7, 11) is 0. The van der Waals surface area contributed by atoms with E-state index in [9.17, 15) is 9.90 Å². The van der Waals surface area contributed by atoms with Crippen LogP contribution in [-0.2, 0) is 4.79 Å². The van der Waals surface area contributed by atoms with Gasteiger partial charge in [0.05, 0.1) is 19.2 Å². The van der Waals surface area contributed by atoms with E-state index < -0.39 is 0 Å². The molecular formula is C15H22N2O3. The number of β-amino-alcohol motifs (C(OH)–C–C–N with tert-alkyl or cyclic N) is 1. The minimum atomic E-state index is -0.285. The summed E-state index contributed by atoms with van der Waals surface area (Å²) in [5.41, 5.74) is 1.15. The number of nitrogens with one attached hydrogen (secondary N) is 1. The van der Waals surface area contributed by atoms with Gasteiger partial charge < -0.3 is 15.2 Å². The molecule has 20 heavy (non-hydrogen) atoms. The molecule has 0 spiro atoms. The summed E-state index contributed by atoms with van der Waals surface area (Å²) in [6.07, 6.45) is 0.469.